The Bertz CT molecular complexity index is 564. The number of carbonyl (C=O) groups is 1. The van der Waals surface area contributed by atoms with Crippen LogP contribution in [0.3, 0.4) is 0 Å². The molecule has 0 spiro atoms. The smallest absolute Gasteiger partial charge is 0.245 e. The Labute approximate surface area is 132 Å². The van der Waals surface area contributed by atoms with E-state index in [2.05, 4.69) is 26.1 Å². The van der Waals surface area contributed by atoms with E-state index in [1.165, 1.54) is 6.42 Å². The average molecular weight is 354 g/mol. The van der Waals surface area contributed by atoms with E-state index in [1.807, 2.05) is 12.1 Å². The highest BCUT2D eigenvalue weighted by molar-refractivity contribution is 9.10. The zero-order chi connectivity index (χ0) is 15.0. The number of aliphatic hydroxyl groups excluding tert-OH is 1. The van der Waals surface area contributed by atoms with Gasteiger partial charge in [0.2, 0.25) is 5.91 Å². The molecule has 2 atom stereocenters. The zero-order valence-electron chi connectivity index (χ0n) is 11.8. The second kappa shape index (κ2) is 5.94. The summed E-state index contributed by atoms with van der Waals surface area (Å²) in [6.45, 7) is 1.07. The van der Waals surface area contributed by atoms with Gasteiger partial charge in [-0.05, 0) is 40.9 Å². The minimum Gasteiger partial charge on any atom is -0.394 e. The van der Waals surface area contributed by atoms with Gasteiger partial charge in [0.05, 0.1) is 18.3 Å². The summed E-state index contributed by atoms with van der Waals surface area (Å²) in [4.78, 5) is 13.9. The highest BCUT2D eigenvalue weighted by Gasteiger charge is 2.30. The van der Waals surface area contributed by atoms with Crippen LogP contribution in [0.15, 0.2) is 16.6 Å². The van der Waals surface area contributed by atoms with Crippen LogP contribution in [-0.2, 0) is 4.79 Å². The number of fused-ring (bicyclic) bond motifs is 1. The van der Waals surface area contributed by atoms with E-state index < -0.39 is 6.04 Å². The third-order valence-electron chi connectivity index (χ3n) is 4.39. The molecule has 0 aromatic heterocycles. The van der Waals surface area contributed by atoms with Gasteiger partial charge in [0.1, 0.15) is 6.04 Å². The predicted molar refractivity (Wildman–Crippen MR) is 86.4 cm³/mol. The predicted octanol–water partition coefficient (Wildman–Crippen LogP) is 2.14. The van der Waals surface area contributed by atoms with E-state index in [1.54, 1.807) is 0 Å². The van der Waals surface area contributed by atoms with Gasteiger partial charge in [0.25, 0.3) is 0 Å². The summed E-state index contributed by atoms with van der Waals surface area (Å²) in [5.74, 6) is -0.163. The van der Waals surface area contributed by atoms with Crippen LogP contribution in [0.1, 0.15) is 37.3 Å². The monoisotopic (exact) mass is 353 g/mol. The van der Waals surface area contributed by atoms with Crippen LogP contribution < -0.4 is 16.0 Å². The minimum absolute atomic E-state index is 0.132. The first-order chi connectivity index (χ1) is 10.1. The Kier molecular flexibility index (Phi) is 4.19. The van der Waals surface area contributed by atoms with Gasteiger partial charge in [-0.15, -0.1) is 0 Å². The average Bonchev–Trinajstić information content (AvgIpc) is 2.68. The SMILES string of the molecule is NC1C(=O)Nc2cc(N3CCCCCC3CO)c(Br)cc21. The number of aliphatic hydroxyl groups is 1. The maximum Gasteiger partial charge on any atom is 0.245 e. The Morgan fingerprint density at radius 1 is 1.38 bits per heavy atom. The van der Waals surface area contributed by atoms with E-state index in [-0.39, 0.29) is 18.6 Å². The van der Waals surface area contributed by atoms with Crippen molar-refractivity contribution in [2.24, 2.45) is 5.73 Å². The zero-order valence-corrected chi connectivity index (χ0v) is 13.4. The molecule has 1 amide bonds. The molecule has 6 heteroatoms. The highest BCUT2D eigenvalue weighted by atomic mass is 79.9. The molecule has 0 aliphatic carbocycles. The van der Waals surface area contributed by atoms with Crippen molar-refractivity contribution in [2.45, 2.75) is 37.8 Å². The van der Waals surface area contributed by atoms with Crippen LogP contribution >= 0.6 is 15.9 Å². The summed E-state index contributed by atoms with van der Waals surface area (Å²) >= 11 is 3.60. The number of rotatable bonds is 2. The lowest BCUT2D eigenvalue weighted by Crippen LogP contribution is -2.37. The first-order valence-corrected chi connectivity index (χ1v) is 8.18. The van der Waals surface area contributed by atoms with Gasteiger partial charge in [-0.1, -0.05) is 12.8 Å². The van der Waals surface area contributed by atoms with Crippen LogP contribution in [-0.4, -0.2) is 30.2 Å². The van der Waals surface area contributed by atoms with Gasteiger partial charge in [-0.25, -0.2) is 0 Å². The van der Waals surface area contributed by atoms with Crippen molar-refractivity contribution in [1.29, 1.82) is 0 Å². The summed E-state index contributed by atoms with van der Waals surface area (Å²) in [5.41, 5.74) is 8.51. The molecular weight excluding hydrogens is 334 g/mol. The molecule has 1 aromatic rings. The molecule has 0 saturated carbocycles. The lowest BCUT2D eigenvalue weighted by Gasteiger charge is -2.32. The Morgan fingerprint density at radius 2 is 2.19 bits per heavy atom. The number of nitrogens with two attached hydrogens (primary N) is 1. The lowest BCUT2D eigenvalue weighted by atomic mass is 10.1. The van der Waals surface area contributed by atoms with Crippen LogP contribution in [0.25, 0.3) is 0 Å². The maximum atomic E-state index is 11.7. The van der Waals surface area contributed by atoms with Crippen molar-refractivity contribution in [3.63, 3.8) is 0 Å². The number of carbonyl (C=O) groups excluding carboxylic acids is 1. The number of anilines is 2. The molecule has 2 unspecified atom stereocenters. The molecular formula is C15H20BrN3O2. The molecule has 1 fully saturated rings. The second-order valence-corrected chi connectivity index (χ2v) is 6.59. The first kappa shape index (κ1) is 14.8. The third-order valence-corrected chi connectivity index (χ3v) is 5.03. The molecule has 0 bridgehead atoms. The molecule has 1 saturated heterocycles. The summed E-state index contributed by atoms with van der Waals surface area (Å²) in [6, 6.07) is 3.43. The molecule has 3 rings (SSSR count). The Morgan fingerprint density at radius 3 is 2.95 bits per heavy atom. The Balaban J connectivity index is 1.98. The topological polar surface area (TPSA) is 78.6 Å². The number of halogens is 1. The van der Waals surface area contributed by atoms with Gasteiger partial charge in [0.15, 0.2) is 0 Å². The molecule has 2 aliphatic rings. The van der Waals surface area contributed by atoms with Crippen molar-refractivity contribution < 1.29 is 9.90 Å². The number of benzene rings is 1. The Hall–Kier alpha value is -1.11. The second-order valence-electron chi connectivity index (χ2n) is 5.74. The third kappa shape index (κ3) is 2.67. The summed E-state index contributed by atoms with van der Waals surface area (Å²) in [5, 5.41) is 12.5. The van der Waals surface area contributed by atoms with Crippen molar-refractivity contribution in [2.75, 3.05) is 23.4 Å². The fourth-order valence-electron chi connectivity index (χ4n) is 3.20. The van der Waals surface area contributed by atoms with E-state index >= 15 is 0 Å². The van der Waals surface area contributed by atoms with E-state index in [9.17, 15) is 9.90 Å². The largest absolute Gasteiger partial charge is 0.394 e. The molecule has 1 aromatic carbocycles. The number of nitrogens with one attached hydrogen (secondary N) is 1. The molecule has 0 radical (unpaired) electrons. The van der Waals surface area contributed by atoms with E-state index in [0.29, 0.717) is 0 Å². The van der Waals surface area contributed by atoms with Gasteiger partial charge in [-0.2, -0.15) is 0 Å². The minimum atomic E-state index is -0.594. The summed E-state index contributed by atoms with van der Waals surface area (Å²) in [6.07, 6.45) is 4.45. The molecule has 21 heavy (non-hydrogen) atoms. The van der Waals surface area contributed by atoms with Crippen LogP contribution in [0.5, 0.6) is 0 Å². The van der Waals surface area contributed by atoms with Crippen molar-refractivity contribution in [3.8, 4) is 0 Å². The summed E-state index contributed by atoms with van der Waals surface area (Å²) < 4.78 is 0.925. The summed E-state index contributed by atoms with van der Waals surface area (Å²) in [7, 11) is 0. The van der Waals surface area contributed by atoms with Gasteiger partial charge < -0.3 is 21.1 Å². The van der Waals surface area contributed by atoms with Gasteiger partial charge in [-0.3, -0.25) is 4.79 Å². The van der Waals surface area contributed by atoms with Crippen LogP contribution in [0, 0.1) is 0 Å². The molecule has 114 valence electrons. The van der Waals surface area contributed by atoms with Crippen molar-refractivity contribution in [3.05, 3.63) is 22.2 Å². The standard InChI is InChI=1S/C15H20BrN3O2/c16-11-6-10-12(18-15(21)14(10)17)7-13(11)19-5-3-1-2-4-9(19)8-20/h6-7,9,14,20H,1-5,8,17H2,(H,18,21). The molecule has 4 N–H and O–H groups in total. The van der Waals surface area contributed by atoms with Gasteiger partial charge in [0, 0.05) is 22.3 Å². The van der Waals surface area contributed by atoms with Gasteiger partial charge >= 0.3 is 0 Å². The number of hydrogen-bond acceptors (Lipinski definition) is 4. The lowest BCUT2D eigenvalue weighted by molar-refractivity contribution is -0.116. The van der Waals surface area contributed by atoms with E-state index in [4.69, 9.17) is 5.73 Å². The van der Waals surface area contributed by atoms with Crippen LogP contribution in [0.4, 0.5) is 11.4 Å². The molecule has 2 heterocycles. The number of hydrogen-bond donors (Lipinski definition) is 3. The van der Waals surface area contributed by atoms with Crippen molar-refractivity contribution >= 4 is 33.2 Å². The fourth-order valence-corrected chi connectivity index (χ4v) is 3.79. The van der Waals surface area contributed by atoms with Crippen LogP contribution in [0.2, 0.25) is 0 Å². The molecule has 5 nitrogen and oxygen atoms in total. The quantitative estimate of drug-likeness (QED) is 0.760. The number of amides is 1. The normalized spacial score (nSPS) is 25.5. The number of nitrogens with zero attached hydrogens (tertiary/aromatic N) is 1. The fraction of sp³-hybridized carbons (Fsp3) is 0.533. The van der Waals surface area contributed by atoms with Crippen molar-refractivity contribution in [1.82, 2.24) is 0 Å². The first-order valence-electron chi connectivity index (χ1n) is 7.39. The molecule has 2 aliphatic heterocycles. The highest BCUT2D eigenvalue weighted by Crippen LogP contribution is 2.39. The maximum absolute atomic E-state index is 11.7. The van der Waals surface area contributed by atoms with E-state index in [0.717, 1.165) is 47.2 Å².